The van der Waals surface area contributed by atoms with E-state index < -0.39 is 228 Å². The van der Waals surface area contributed by atoms with E-state index in [1.807, 2.05) is 20.8 Å². The summed E-state index contributed by atoms with van der Waals surface area (Å²) < 4.78 is 176. The summed E-state index contributed by atoms with van der Waals surface area (Å²) in [5.74, 6) is -1.40. The topological polar surface area (TPSA) is 579 Å². The van der Waals surface area contributed by atoms with Crippen molar-refractivity contribution in [1.29, 1.82) is 0 Å². The van der Waals surface area contributed by atoms with E-state index in [4.69, 9.17) is 51.0 Å². The van der Waals surface area contributed by atoms with Gasteiger partial charge in [-0.2, -0.15) is 9.97 Å². The molecule has 7 N–H and O–H groups in total. The number of benzene rings is 2. The number of imidazole rings is 1. The summed E-state index contributed by atoms with van der Waals surface area (Å²) in [6.45, 7) is 4.72. The zero-order chi connectivity index (χ0) is 106. The first-order valence-corrected chi connectivity index (χ1v) is 55.2. The molecule has 6 saturated heterocycles. The van der Waals surface area contributed by atoms with Gasteiger partial charge in [0.2, 0.25) is 0 Å². The molecule has 6 aromatic heterocycles. The molecule has 6 unspecified atom stereocenters. The van der Waals surface area contributed by atoms with Crippen LogP contribution in [0.2, 0.25) is 0 Å². The first kappa shape index (κ1) is 111. The first-order valence-electron chi connectivity index (χ1n) is 47.6. The lowest BCUT2D eigenvalue weighted by molar-refractivity contribution is -0.133. The molecule has 12 heterocycles. The monoisotopic (exact) mass is 2150 g/mol. The molecule has 0 bridgehead atoms. The summed E-state index contributed by atoms with van der Waals surface area (Å²) in [5.41, 5.74) is -4.53. The summed E-state index contributed by atoms with van der Waals surface area (Å²) in [7, 11) is -7.59. The number of allylic oxidation sites excluding steroid dienone is 1. The normalized spacial score (nSPS) is 25.4. The predicted molar refractivity (Wildman–Crippen MR) is 534 cm³/mol. The summed E-state index contributed by atoms with van der Waals surface area (Å²) in [6.07, 6.45) is -6.05. The highest BCUT2D eigenvalue weighted by Crippen LogP contribution is 2.61. The van der Waals surface area contributed by atoms with Gasteiger partial charge in [-0.25, -0.2) is 75.7 Å². The molecule has 6 aliphatic heterocycles. The van der Waals surface area contributed by atoms with Crippen molar-refractivity contribution in [2.75, 3.05) is 186 Å². The molecule has 53 nitrogen and oxygen atoms in total. The number of H-pyrrole nitrogens is 3. The van der Waals surface area contributed by atoms with E-state index in [2.05, 4.69) is 45.9 Å². The number of carbonyl (C=O) groups excluding carboxylic acids is 3. The second-order valence-electron chi connectivity index (χ2n) is 37.9. The highest BCUT2D eigenvalue weighted by molar-refractivity contribution is 7.55. The average Bonchev–Trinajstić information content (AvgIpc) is 1.74. The molecule has 800 valence electrons. The quantitative estimate of drug-likeness (QED) is 0.0266. The van der Waals surface area contributed by atoms with Gasteiger partial charge in [0, 0.05) is 110 Å². The first-order chi connectivity index (χ1) is 69.6. The van der Waals surface area contributed by atoms with E-state index in [0.29, 0.717) is 29.9 Å². The Kier molecular flexibility index (Phi) is 35.0. The van der Waals surface area contributed by atoms with Gasteiger partial charge in [0.05, 0.1) is 121 Å². The van der Waals surface area contributed by atoms with Crippen LogP contribution < -0.4 is 61.1 Å². The SMILES string of the molecule is CC[C@@H]1CN([P@@](=O)(OCC2CN([P@@](=O)(OCC3CN([P@@](=O)(OCC4CN([P@@](=O)(OCC5CN(P(=O)(OCC6O[C@@H](n7cc(C)c(=O)[nH]c7=O)C[C@@H]6O)N(C)C)C[C@H](n6cc(C)c(=O)[nH]c6=O)O5)N(C)C)C[C@H](n5cc(C)c(=O)[nH]c5=O)O4)N(C)C)C[C@H](n4cnc5c4C=C(NCC(C)C)CC5=O)O3)N(C)C)C[C@H](n3ccc(NC(=O)c4ccccc4)nc3=O)O2)N(C)C)C[C@H](n2ccc(NC(=O)c3ccccc3)nc2=O)O1. The van der Waals surface area contributed by atoms with Crippen molar-refractivity contribution in [3.05, 3.63) is 238 Å². The summed E-state index contributed by atoms with van der Waals surface area (Å²) in [4.78, 5) is 168. The van der Waals surface area contributed by atoms with Crippen molar-refractivity contribution in [2.24, 2.45) is 5.92 Å². The second-order valence-corrected chi connectivity index (χ2v) is 51.0. The molecule has 0 saturated carbocycles. The van der Waals surface area contributed by atoms with E-state index >= 15 is 22.8 Å². The van der Waals surface area contributed by atoms with Gasteiger partial charge >= 0.3 is 66.8 Å². The number of Topliss-reactive ketones (excluding diaryl/α,β-unsaturated/α-hetero) is 1. The Morgan fingerprint density at radius 3 is 1.11 bits per heavy atom. The van der Waals surface area contributed by atoms with Crippen LogP contribution >= 0.6 is 38.4 Å². The number of anilines is 2. The number of aliphatic hydroxyl groups is 1. The maximum Gasteiger partial charge on any atom is 0.351 e. The van der Waals surface area contributed by atoms with Crippen molar-refractivity contribution in [1.82, 2.24) is 109 Å². The van der Waals surface area contributed by atoms with Crippen molar-refractivity contribution in [3.63, 3.8) is 0 Å². The highest BCUT2D eigenvalue weighted by Gasteiger charge is 2.53. The number of ether oxygens (including phenoxy) is 6. The van der Waals surface area contributed by atoms with Gasteiger partial charge in [0.25, 0.3) is 28.5 Å². The molecular weight excluding hydrogens is 2020 g/mol. The lowest BCUT2D eigenvalue weighted by Gasteiger charge is -2.46. The molecule has 18 atom stereocenters. The third kappa shape index (κ3) is 24.7. The summed E-state index contributed by atoms with van der Waals surface area (Å²) in [6, 6.07) is 19.3. The van der Waals surface area contributed by atoms with Crippen LogP contribution in [0, 0.1) is 26.7 Å². The predicted octanol–water partition coefficient (Wildman–Crippen LogP) is 4.14. The van der Waals surface area contributed by atoms with Gasteiger partial charge in [-0.3, -0.25) is 89.4 Å². The fraction of sp³-hybridized carbons (Fsp3) is 0.551. The van der Waals surface area contributed by atoms with E-state index in [0.717, 1.165) is 18.3 Å². The molecule has 2 aromatic carbocycles. The van der Waals surface area contributed by atoms with Crippen LogP contribution in [-0.2, 0) is 73.9 Å². The number of nitrogens with zero attached hydrogens (tertiary/aromatic N) is 19. The number of carbonyl (C=O) groups is 3. The number of amides is 2. The highest BCUT2D eigenvalue weighted by atomic mass is 31.2. The summed E-state index contributed by atoms with van der Waals surface area (Å²) >= 11 is 0. The third-order valence-corrected chi connectivity index (χ3v) is 38.4. The van der Waals surface area contributed by atoms with Crippen molar-refractivity contribution < 1.29 is 93.4 Å². The maximum absolute atomic E-state index is 16.9. The van der Waals surface area contributed by atoms with Crippen molar-refractivity contribution >= 4 is 73.7 Å². The molecule has 0 spiro atoms. The molecule has 58 heteroatoms. The molecular formula is C89H126N25O28P5. The van der Waals surface area contributed by atoms with Gasteiger partial charge in [-0.15, -0.1) is 0 Å². The number of hydrogen-bond donors (Lipinski definition) is 7. The number of morpholine rings is 5. The number of aromatic amines is 3. The fourth-order valence-electron chi connectivity index (χ4n) is 17.8. The van der Waals surface area contributed by atoms with Crippen molar-refractivity contribution in [3.8, 4) is 0 Å². The Labute approximate surface area is 843 Å². The van der Waals surface area contributed by atoms with E-state index in [1.165, 1.54) is 187 Å². The molecule has 8 aromatic rings. The molecule has 0 radical (unpaired) electrons. The number of aromatic nitrogens is 12. The lowest BCUT2D eigenvalue weighted by Crippen LogP contribution is -2.52. The molecule has 147 heavy (non-hydrogen) atoms. The van der Waals surface area contributed by atoms with Gasteiger partial charge in [-0.1, -0.05) is 57.2 Å². The number of fused-ring (bicyclic) bond motifs is 1. The zero-order valence-corrected chi connectivity index (χ0v) is 88.7. The Hall–Kier alpha value is -10.1. The molecule has 6 fully saturated rings. The van der Waals surface area contributed by atoms with E-state index in [1.54, 1.807) is 76.0 Å². The minimum absolute atomic E-state index is 0.0152. The number of hydrogen-bond acceptors (Lipinski definition) is 32. The van der Waals surface area contributed by atoms with Crippen LogP contribution in [0.3, 0.4) is 0 Å². The van der Waals surface area contributed by atoms with Crippen LogP contribution in [0.4, 0.5) is 11.6 Å². The lowest BCUT2D eigenvalue weighted by atomic mass is 10.0. The molecule has 2 amide bonds. The minimum atomic E-state index is -4.60. The van der Waals surface area contributed by atoms with Crippen molar-refractivity contribution in [2.45, 2.75) is 141 Å². The molecule has 1 aliphatic carbocycles. The van der Waals surface area contributed by atoms with Gasteiger partial charge in [0.15, 0.2) is 30.7 Å². The number of nitrogens with one attached hydrogen (secondary N) is 6. The minimum Gasteiger partial charge on any atom is -0.390 e. The number of aliphatic hydroxyl groups excluding tert-OH is 1. The Morgan fingerprint density at radius 2 is 0.769 bits per heavy atom. The zero-order valence-electron chi connectivity index (χ0n) is 84.2. The number of rotatable bonds is 39. The fourth-order valence-corrected chi connectivity index (χ4v) is 27.8. The Morgan fingerprint density at radius 1 is 0.442 bits per heavy atom. The van der Waals surface area contributed by atoms with E-state index in [-0.39, 0.29) is 110 Å². The molecule has 7 aliphatic rings. The van der Waals surface area contributed by atoms with E-state index in [9.17, 15) is 57.8 Å². The maximum atomic E-state index is 16.9. The number of ketones is 1. The average molecular weight is 2150 g/mol. The number of aryl methyl sites for hydroxylation is 3. The Balaban J connectivity index is 0.719. The largest absolute Gasteiger partial charge is 0.390 e. The Bertz CT molecular complexity index is 6950. The van der Waals surface area contributed by atoms with Crippen LogP contribution in [-0.4, -0.2) is 345 Å². The van der Waals surface area contributed by atoms with Gasteiger partial charge in [0.1, 0.15) is 35.9 Å². The standard InChI is InChI=1S/C89H126N25O28P5/c1-17-62-39-104(44-74(137-62)109-30-28-71(94-85(109)122)92-83(120)59-24-20-18-21-25-59)143(127,99(7)8)132-49-63-40-105(45-75(138-63)110-31-29-72(95-86(110)123)93-84(121)60-26-22-19-23-27-60)144(128,100(9)10)135-52-66-43-108(48-78(141-66)114-54-91-79-67(114)32-61(33-69(79)116)90-35-55(2)3)146(130,102(13)14)134-50-64-41-106(46-76(139-64)112-37-57(5)81(118)97-88(112)125)145(129,101(11)12)133-51-65-42-107(47-77(140-65)113-38-58(6)82(119)98-89(113)126)147(131,103(15)16)136-53-70-68(115)34-73(142-70)111-36-56(4)80(117)96-87(111)124/h18-32,36-38,54-55,62-66,68,70,73-78,90,115H,17,33-35,39-53H2,1-16H3,(H,96,117,124)(H,97,118,125)(H,98,119,126)(H,92,94,120,122)(H,93,95,121,123)/t62-,63?,64?,65?,66?,68+,70?,73-,74-,75-,76-,77-,78-,143+,144+,145+,146+,147?/m1/s1. The van der Waals surface area contributed by atoms with Crippen LogP contribution in [0.5, 0.6) is 0 Å². The second kappa shape index (κ2) is 46.4. The van der Waals surface area contributed by atoms with Gasteiger partial charge < -0.3 is 76.7 Å². The molecule has 15 rings (SSSR count). The van der Waals surface area contributed by atoms with Gasteiger partial charge in [-0.05, 0) is 146 Å². The van der Waals surface area contributed by atoms with Crippen LogP contribution in [0.1, 0.15) is 131 Å². The van der Waals surface area contributed by atoms with Crippen LogP contribution in [0.25, 0.3) is 6.08 Å². The summed E-state index contributed by atoms with van der Waals surface area (Å²) in [5, 5.41) is 20.0. The third-order valence-electron chi connectivity index (χ3n) is 25.8. The smallest absolute Gasteiger partial charge is 0.351 e. The van der Waals surface area contributed by atoms with Crippen LogP contribution in [0.15, 0.2) is 154 Å².